The first-order chi connectivity index (χ1) is 6.75. The standard InChI is InChI=1S/C12H21NO/c1-10(14)12-5-8-13(9-6-12)7-4-11-2-3-11/h11-12H,2-9H2,1H3. The summed E-state index contributed by atoms with van der Waals surface area (Å²) in [5.41, 5.74) is 0. The minimum atomic E-state index is 0.368. The fourth-order valence-electron chi connectivity index (χ4n) is 2.33. The molecule has 80 valence electrons. The third kappa shape index (κ3) is 2.81. The smallest absolute Gasteiger partial charge is 0.133 e. The minimum Gasteiger partial charge on any atom is -0.303 e. The zero-order valence-electron chi connectivity index (χ0n) is 9.17. The largest absolute Gasteiger partial charge is 0.303 e. The maximum atomic E-state index is 11.2. The van der Waals surface area contributed by atoms with Gasteiger partial charge >= 0.3 is 0 Å². The number of Topliss-reactive ketones (excluding diaryl/α,β-unsaturated/α-hetero) is 1. The van der Waals surface area contributed by atoms with Gasteiger partial charge in [0.05, 0.1) is 0 Å². The molecule has 2 fully saturated rings. The van der Waals surface area contributed by atoms with E-state index in [0.717, 1.165) is 31.8 Å². The second-order valence-electron chi connectivity index (χ2n) is 4.96. The molecule has 1 aliphatic carbocycles. The van der Waals surface area contributed by atoms with Gasteiger partial charge in [0, 0.05) is 5.92 Å². The Hall–Kier alpha value is -0.370. The van der Waals surface area contributed by atoms with Crippen LogP contribution in [0.4, 0.5) is 0 Å². The molecule has 0 spiro atoms. The van der Waals surface area contributed by atoms with Gasteiger partial charge in [-0.15, -0.1) is 0 Å². The third-order valence-electron chi connectivity index (χ3n) is 3.71. The van der Waals surface area contributed by atoms with Gasteiger partial charge in [0.2, 0.25) is 0 Å². The lowest BCUT2D eigenvalue weighted by Crippen LogP contribution is -2.36. The molecule has 2 aliphatic rings. The number of rotatable bonds is 4. The van der Waals surface area contributed by atoms with Crippen LogP contribution in [-0.2, 0) is 4.79 Å². The molecule has 2 nitrogen and oxygen atoms in total. The third-order valence-corrected chi connectivity index (χ3v) is 3.71. The molecule has 14 heavy (non-hydrogen) atoms. The van der Waals surface area contributed by atoms with E-state index in [4.69, 9.17) is 0 Å². The van der Waals surface area contributed by atoms with Crippen LogP contribution in [0.3, 0.4) is 0 Å². The van der Waals surface area contributed by atoms with Crippen molar-refractivity contribution in [2.24, 2.45) is 11.8 Å². The monoisotopic (exact) mass is 195 g/mol. The number of carbonyl (C=O) groups is 1. The molecule has 0 radical (unpaired) electrons. The van der Waals surface area contributed by atoms with Gasteiger partial charge in [-0.05, 0) is 51.7 Å². The summed E-state index contributed by atoms with van der Waals surface area (Å²) in [7, 11) is 0. The first-order valence-corrected chi connectivity index (χ1v) is 5.98. The number of nitrogens with zero attached hydrogens (tertiary/aromatic N) is 1. The first-order valence-electron chi connectivity index (χ1n) is 5.98. The molecule has 0 aromatic rings. The molecule has 0 aromatic heterocycles. The van der Waals surface area contributed by atoms with Crippen LogP contribution in [0.25, 0.3) is 0 Å². The molecule has 1 saturated heterocycles. The molecule has 0 atom stereocenters. The van der Waals surface area contributed by atoms with E-state index in [1.54, 1.807) is 6.92 Å². The van der Waals surface area contributed by atoms with Crippen molar-refractivity contribution >= 4 is 5.78 Å². The van der Waals surface area contributed by atoms with E-state index in [2.05, 4.69) is 4.90 Å². The fourth-order valence-corrected chi connectivity index (χ4v) is 2.33. The van der Waals surface area contributed by atoms with Crippen LogP contribution in [0.15, 0.2) is 0 Å². The topological polar surface area (TPSA) is 20.3 Å². The summed E-state index contributed by atoms with van der Waals surface area (Å²) >= 11 is 0. The predicted octanol–water partition coefficient (Wildman–Crippen LogP) is 2.09. The van der Waals surface area contributed by atoms with E-state index in [-0.39, 0.29) is 0 Å². The van der Waals surface area contributed by atoms with E-state index in [1.807, 2.05) is 0 Å². The van der Waals surface area contributed by atoms with Crippen molar-refractivity contribution < 1.29 is 4.79 Å². The van der Waals surface area contributed by atoms with E-state index < -0.39 is 0 Å². The van der Waals surface area contributed by atoms with Crippen molar-refractivity contribution in [3.8, 4) is 0 Å². The SMILES string of the molecule is CC(=O)C1CCN(CCC2CC2)CC1. The zero-order chi connectivity index (χ0) is 9.97. The van der Waals surface area contributed by atoms with Gasteiger partial charge in [-0.2, -0.15) is 0 Å². The van der Waals surface area contributed by atoms with E-state index in [1.165, 1.54) is 25.8 Å². The molecule has 1 heterocycles. The highest BCUT2D eigenvalue weighted by molar-refractivity contribution is 5.78. The zero-order valence-corrected chi connectivity index (χ0v) is 9.17. The summed E-state index contributed by atoms with van der Waals surface area (Å²) < 4.78 is 0. The van der Waals surface area contributed by atoms with Crippen LogP contribution in [0, 0.1) is 11.8 Å². The molecule has 2 rings (SSSR count). The second-order valence-corrected chi connectivity index (χ2v) is 4.96. The van der Waals surface area contributed by atoms with Crippen LogP contribution in [0.5, 0.6) is 0 Å². The average molecular weight is 195 g/mol. The van der Waals surface area contributed by atoms with Crippen LogP contribution in [0.2, 0.25) is 0 Å². The molecule has 0 N–H and O–H groups in total. The summed E-state index contributed by atoms with van der Waals surface area (Å²) in [5.74, 6) is 1.81. The maximum Gasteiger partial charge on any atom is 0.133 e. The molecule has 0 bridgehead atoms. The molecule has 1 saturated carbocycles. The Morgan fingerprint density at radius 3 is 2.36 bits per heavy atom. The minimum absolute atomic E-state index is 0.368. The number of ketones is 1. The van der Waals surface area contributed by atoms with Gasteiger partial charge < -0.3 is 4.90 Å². The molecular formula is C12H21NO. The van der Waals surface area contributed by atoms with E-state index in [0.29, 0.717) is 11.7 Å². The van der Waals surface area contributed by atoms with Crippen LogP contribution in [-0.4, -0.2) is 30.3 Å². The van der Waals surface area contributed by atoms with Gasteiger partial charge in [0.1, 0.15) is 5.78 Å². The molecule has 2 heteroatoms. The highest BCUT2D eigenvalue weighted by atomic mass is 16.1. The summed E-state index contributed by atoms with van der Waals surface area (Å²) in [6.07, 6.45) is 6.51. The Balaban J connectivity index is 1.64. The van der Waals surface area contributed by atoms with Gasteiger partial charge in [-0.1, -0.05) is 12.8 Å². The van der Waals surface area contributed by atoms with Crippen molar-refractivity contribution in [2.75, 3.05) is 19.6 Å². The van der Waals surface area contributed by atoms with Crippen molar-refractivity contribution in [1.29, 1.82) is 0 Å². The van der Waals surface area contributed by atoms with Crippen LogP contribution >= 0.6 is 0 Å². The summed E-state index contributed by atoms with van der Waals surface area (Å²) in [4.78, 5) is 13.7. The quantitative estimate of drug-likeness (QED) is 0.684. The van der Waals surface area contributed by atoms with E-state index >= 15 is 0 Å². The molecular weight excluding hydrogens is 174 g/mol. The number of hydrogen-bond donors (Lipinski definition) is 0. The number of piperidine rings is 1. The lowest BCUT2D eigenvalue weighted by atomic mass is 9.93. The number of hydrogen-bond acceptors (Lipinski definition) is 2. The predicted molar refractivity (Wildman–Crippen MR) is 57.2 cm³/mol. The Kier molecular flexibility index (Phi) is 3.22. The number of likely N-dealkylation sites (tertiary alicyclic amines) is 1. The molecule has 1 aliphatic heterocycles. The number of carbonyl (C=O) groups excluding carboxylic acids is 1. The summed E-state index contributed by atoms with van der Waals surface area (Å²) in [6.45, 7) is 5.31. The molecule has 0 amide bonds. The molecule has 0 unspecified atom stereocenters. The van der Waals surface area contributed by atoms with Crippen LogP contribution in [0.1, 0.15) is 39.0 Å². The highest BCUT2D eigenvalue weighted by Gasteiger charge is 2.25. The normalized spacial score (nSPS) is 25.2. The Morgan fingerprint density at radius 2 is 1.86 bits per heavy atom. The lowest BCUT2D eigenvalue weighted by Gasteiger charge is -2.30. The second kappa shape index (κ2) is 4.43. The van der Waals surface area contributed by atoms with E-state index in [9.17, 15) is 4.79 Å². The van der Waals surface area contributed by atoms with Crippen molar-refractivity contribution in [3.63, 3.8) is 0 Å². The Bertz CT molecular complexity index is 202. The average Bonchev–Trinajstić information content (AvgIpc) is 2.99. The van der Waals surface area contributed by atoms with Gasteiger partial charge in [0.25, 0.3) is 0 Å². The fraction of sp³-hybridized carbons (Fsp3) is 0.917. The van der Waals surface area contributed by atoms with Crippen molar-refractivity contribution in [2.45, 2.75) is 39.0 Å². The van der Waals surface area contributed by atoms with Gasteiger partial charge in [-0.25, -0.2) is 0 Å². The van der Waals surface area contributed by atoms with Crippen molar-refractivity contribution in [3.05, 3.63) is 0 Å². The van der Waals surface area contributed by atoms with Gasteiger partial charge in [-0.3, -0.25) is 4.79 Å². The van der Waals surface area contributed by atoms with Gasteiger partial charge in [0.15, 0.2) is 0 Å². The summed E-state index contributed by atoms with van der Waals surface area (Å²) in [6, 6.07) is 0. The Labute approximate surface area is 86.7 Å². The molecule has 0 aromatic carbocycles. The van der Waals surface area contributed by atoms with Crippen molar-refractivity contribution in [1.82, 2.24) is 4.90 Å². The first kappa shape index (κ1) is 10.2. The highest BCUT2D eigenvalue weighted by Crippen LogP contribution is 2.32. The summed E-state index contributed by atoms with van der Waals surface area (Å²) in [5, 5.41) is 0. The maximum absolute atomic E-state index is 11.2. The lowest BCUT2D eigenvalue weighted by molar-refractivity contribution is -0.122. The van der Waals surface area contributed by atoms with Crippen LogP contribution < -0.4 is 0 Å². The Morgan fingerprint density at radius 1 is 1.21 bits per heavy atom.